The van der Waals surface area contributed by atoms with Gasteiger partial charge in [-0.25, -0.2) is 12.7 Å². The minimum Gasteiger partial charge on any atom is -0.384 e. The van der Waals surface area contributed by atoms with Crippen LogP contribution in [0.2, 0.25) is 0 Å². The summed E-state index contributed by atoms with van der Waals surface area (Å²) in [6.07, 6.45) is 2.82. The van der Waals surface area contributed by atoms with Crippen molar-refractivity contribution in [2.45, 2.75) is 38.0 Å². The molecule has 0 spiro atoms. The zero-order valence-corrected chi connectivity index (χ0v) is 12.8. The van der Waals surface area contributed by atoms with Crippen LogP contribution in [-0.2, 0) is 10.0 Å². The Morgan fingerprint density at radius 3 is 2.47 bits per heavy atom. The summed E-state index contributed by atoms with van der Waals surface area (Å²) in [5, 5.41) is 3.17. The number of hydrogen-bond acceptors (Lipinski definition) is 3. The van der Waals surface area contributed by atoms with Gasteiger partial charge in [0.2, 0.25) is 10.0 Å². The summed E-state index contributed by atoms with van der Waals surface area (Å²) >= 11 is 0. The maximum absolute atomic E-state index is 12.5. The standard InChI is InChI=1S/C14H24N2O2S/c1-4-6-12-16(3)19(17,18)14-10-8-7-9-13(14)15-11-5-2/h7-10,15H,4-6,11-12H2,1-3H3. The number of sulfonamides is 1. The van der Waals surface area contributed by atoms with E-state index in [4.69, 9.17) is 0 Å². The van der Waals surface area contributed by atoms with Crippen molar-refractivity contribution in [2.24, 2.45) is 0 Å². The Bertz CT molecular complexity index is 486. The number of anilines is 1. The summed E-state index contributed by atoms with van der Waals surface area (Å²) in [5.74, 6) is 0. The molecule has 108 valence electrons. The van der Waals surface area contributed by atoms with Crippen LogP contribution in [0.3, 0.4) is 0 Å². The van der Waals surface area contributed by atoms with E-state index in [2.05, 4.69) is 19.2 Å². The highest BCUT2D eigenvalue weighted by Gasteiger charge is 2.22. The van der Waals surface area contributed by atoms with E-state index in [-0.39, 0.29) is 0 Å². The van der Waals surface area contributed by atoms with Crippen LogP contribution in [0.4, 0.5) is 5.69 Å². The Balaban J connectivity index is 3.00. The molecule has 0 saturated heterocycles. The van der Waals surface area contributed by atoms with Crippen LogP contribution >= 0.6 is 0 Å². The summed E-state index contributed by atoms with van der Waals surface area (Å²) in [7, 11) is -1.76. The van der Waals surface area contributed by atoms with Crippen LogP contribution in [0, 0.1) is 0 Å². The fourth-order valence-electron chi connectivity index (χ4n) is 1.77. The molecular weight excluding hydrogens is 260 g/mol. The number of benzene rings is 1. The Kier molecular flexibility index (Phi) is 6.31. The topological polar surface area (TPSA) is 49.4 Å². The van der Waals surface area contributed by atoms with Gasteiger partial charge in [-0.2, -0.15) is 0 Å². The van der Waals surface area contributed by atoms with E-state index >= 15 is 0 Å². The van der Waals surface area contributed by atoms with Gasteiger partial charge in [0.15, 0.2) is 0 Å². The van der Waals surface area contributed by atoms with Crippen molar-refractivity contribution in [3.8, 4) is 0 Å². The third-order valence-electron chi connectivity index (χ3n) is 2.97. The van der Waals surface area contributed by atoms with Gasteiger partial charge < -0.3 is 5.32 Å². The lowest BCUT2D eigenvalue weighted by Gasteiger charge is -2.19. The van der Waals surface area contributed by atoms with E-state index < -0.39 is 10.0 Å². The van der Waals surface area contributed by atoms with Gasteiger partial charge in [0.05, 0.1) is 5.69 Å². The highest BCUT2D eigenvalue weighted by atomic mass is 32.2. The zero-order chi connectivity index (χ0) is 14.3. The van der Waals surface area contributed by atoms with Crippen molar-refractivity contribution in [1.82, 2.24) is 4.31 Å². The maximum Gasteiger partial charge on any atom is 0.244 e. The highest BCUT2D eigenvalue weighted by Crippen LogP contribution is 2.23. The molecule has 4 nitrogen and oxygen atoms in total. The van der Waals surface area contributed by atoms with Crippen LogP contribution in [0.1, 0.15) is 33.1 Å². The molecule has 0 aliphatic carbocycles. The molecule has 0 fully saturated rings. The van der Waals surface area contributed by atoms with Crippen molar-refractivity contribution in [3.05, 3.63) is 24.3 Å². The van der Waals surface area contributed by atoms with Crippen molar-refractivity contribution >= 4 is 15.7 Å². The third kappa shape index (κ3) is 4.21. The second kappa shape index (κ2) is 7.50. The first-order valence-corrected chi connectivity index (χ1v) is 8.27. The molecule has 0 atom stereocenters. The van der Waals surface area contributed by atoms with Gasteiger partial charge >= 0.3 is 0 Å². The molecular formula is C14H24N2O2S. The predicted molar refractivity (Wildman–Crippen MR) is 79.9 cm³/mol. The van der Waals surface area contributed by atoms with Gasteiger partial charge in [-0.3, -0.25) is 0 Å². The lowest BCUT2D eigenvalue weighted by Crippen LogP contribution is -2.28. The molecule has 0 aliphatic rings. The SMILES string of the molecule is CCCCN(C)S(=O)(=O)c1ccccc1NCCC. The number of hydrogen-bond donors (Lipinski definition) is 1. The van der Waals surface area contributed by atoms with Gasteiger partial charge in [0.25, 0.3) is 0 Å². The second-order valence-corrected chi connectivity index (χ2v) is 6.62. The molecule has 1 rings (SSSR count). The molecule has 0 radical (unpaired) electrons. The van der Waals surface area contributed by atoms with Gasteiger partial charge in [0, 0.05) is 20.1 Å². The molecule has 0 aliphatic heterocycles. The first-order valence-electron chi connectivity index (χ1n) is 6.83. The van der Waals surface area contributed by atoms with Crippen molar-refractivity contribution in [3.63, 3.8) is 0 Å². The fourth-order valence-corrected chi connectivity index (χ4v) is 3.14. The highest BCUT2D eigenvalue weighted by molar-refractivity contribution is 7.89. The predicted octanol–water partition coefficient (Wildman–Crippen LogP) is 2.93. The Morgan fingerprint density at radius 2 is 1.84 bits per heavy atom. The van der Waals surface area contributed by atoms with E-state index in [1.165, 1.54) is 4.31 Å². The van der Waals surface area contributed by atoms with E-state index in [0.29, 0.717) is 17.1 Å². The van der Waals surface area contributed by atoms with Crippen molar-refractivity contribution < 1.29 is 8.42 Å². The van der Waals surface area contributed by atoms with E-state index in [1.54, 1.807) is 19.2 Å². The van der Waals surface area contributed by atoms with Gasteiger partial charge in [-0.1, -0.05) is 32.4 Å². The molecule has 0 heterocycles. The Hall–Kier alpha value is -1.07. The molecule has 19 heavy (non-hydrogen) atoms. The lowest BCUT2D eigenvalue weighted by molar-refractivity contribution is 0.459. The van der Waals surface area contributed by atoms with E-state index in [9.17, 15) is 8.42 Å². The molecule has 1 aromatic rings. The fraction of sp³-hybridized carbons (Fsp3) is 0.571. The average Bonchev–Trinajstić information content (AvgIpc) is 2.42. The van der Waals surface area contributed by atoms with Gasteiger partial charge in [-0.05, 0) is 25.0 Å². The van der Waals surface area contributed by atoms with E-state index in [0.717, 1.165) is 25.8 Å². The minimum absolute atomic E-state index is 0.363. The first kappa shape index (κ1) is 16.0. The monoisotopic (exact) mass is 284 g/mol. The molecule has 0 unspecified atom stereocenters. The smallest absolute Gasteiger partial charge is 0.244 e. The number of nitrogens with one attached hydrogen (secondary N) is 1. The molecule has 0 amide bonds. The molecule has 0 bridgehead atoms. The molecule has 1 N–H and O–H groups in total. The molecule has 5 heteroatoms. The summed E-state index contributed by atoms with van der Waals surface area (Å²) in [5.41, 5.74) is 0.688. The quantitative estimate of drug-likeness (QED) is 0.798. The number of unbranched alkanes of at least 4 members (excludes halogenated alkanes) is 1. The van der Waals surface area contributed by atoms with Gasteiger partial charge in [0.1, 0.15) is 4.90 Å². The normalized spacial score (nSPS) is 11.8. The summed E-state index contributed by atoms with van der Waals surface area (Å²) in [4.78, 5) is 0.363. The summed E-state index contributed by atoms with van der Waals surface area (Å²) in [6, 6.07) is 7.09. The number of rotatable bonds is 8. The minimum atomic E-state index is -3.40. The van der Waals surface area contributed by atoms with Crippen LogP contribution in [0.15, 0.2) is 29.2 Å². The number of nitrogens with zero attached hydrogens (tertiary/aromatic N) is 1. The van der Waals surface area contributed by atoms with Crippen LogP contribution in [0.5, 0.6) is 0 Å². The third-order valence-corrected chi connectivity index (χ3v) is 4.88. The molecule has 1 aromatic carbocycles. The van der Waals surface area contributed by atoms with Gasteiger partial charge in [-0.15, -0.1) is 0 Å². The van der Waals surface area contributed by atoms with Crippen LogP contribution in [-0.4, -0.2) is 32.9 Å². The van der Waals surface area contributed by atoms with Crippen molar-refractivity contribution in [2.75, 3.05) is 25.5 Å². The zero-order valence-electron chi connectivity index (χ0n) is 12.0. The molecule has 0 aromatic heterocycles. The summed E-state index contributed by atoms with van der Waals surface area (Å²) in [6.45, 7) is 5.43. The average molecular weight is 284 g/mol. The first-order chi connectivity index (χ1) is 9.04. The Morgan fingerprint density at radius 1 is 1.16 bits per heavy atom. The van der Waals surface area contributed by atoms with Crippen LogP contribution < -0.4 is 5.32 Å². The maximum atomic E-state index is 12.5. The Labute approximate surface area is 116 Å². The second-order valence-electron chi connectivity index (χ2n) is 4.60. The number of para-hydroxylation sites is 1. The summed E-state index contributed by atoms with van der Waals surface area (Å²) < 4.78 is 26.4. The van der Waals surface area contributed by atoms with Crippen molar-refractivity contribution in [1.29, 1.82) is 0 Å². The largest absolute Gasteiger partial charge is 0.384 e. The van der Waals surface area contributed by atoms with E-state index in [1.807, 2.05) is 12.1 Å². The van der Waals surface area contributed by atoms with Crippen LogP contribution in [0.25, 0.3) is 0 Å². The lowest BCUT2D eigenvalue weighted by atomic mass is 10.3. The molecule has 0 saturated carbocycles.